The Bertz CT molecular complexity index is 1080. The summed E-state index contributed by atoms with van der Waals surface area (Å²) in [6.07, 6.45) is 0.371. The van der Waals surface area contributed by atoms with Crippen molar-refractivity contribution in [2.24, 2.45) is 5.73 Å². The number of aryl methyl sites for hydroxylation is 1. The SMILES string of the molecule is COc1ccc(-c2noc(CCC(=O)Nc3cccc(C(=O)NCC(N)=O)c3)n2)cc1. The molecule has 0 saturated heterocycles. The summed E-state index contributed by atoms with van der Waals surface area (Å²) < 4.78 is 10.3. The van der Waals surface area contributed by atoms with Crippen molar-refractivity contribution in [1.29, 1.82) is 0 Å². The molecular formula is C21H21N5O5. The third-order valence-electron chi connectivity index (χ3n) is 4.21. The summed E-state index contributed by atoms with van der Waals surface area (Å²) in [6, 6.07) is 13.5. The largest absolute Gasteiger partial charge is 0.497 e. The highest BCUT2D eigenvalue weighted by Gasteiger charge is 2.12. The first-order chi connectivity index (χ1) is 14.9. The normalized spacial score (nSPS) is 10.4. The lowest BCUT2D eigenvalue weighted by Crippen LogP contribution is -2.33. The quantitative estimate of drug-likeness (QED) is 0.472. The van der Waals surface area contributed by atoms with E-state index in [1.165, 1.54) is 6.07 Å². The summed E-state index contributed by atoms with van der Waals surface area (Å²) in [7, 11) is 1.58. The summed E-state index contributed by atoms with van der Waals surface area (Å²) >= 11 is 0. The number of carbonyl (C=O) groups excluding carboxylic acids is 3. The van der Waals surface area contributed by atoms with Gasteiger partial charge in [0.05, 0.1) is 13.7 Å². The first-order valence-electron chi connectivity index (χ1n) is 9.38. The van der Waals surface area contributed by atoms with Gasteiger partial charge in [-0.2, -0.15) is 4.98 Å². The minimum Gasteiger partial charge on any atom is -0.497 e. The van der Waals surface area contributed by atoms with Crippen LogP contribution < -0.4 is 21.1 Å². The fourth-order valence-electron chi connectivity index (χ4n) is 2.67. The maximum Gasteiger partial charge on any atom is 0.251 e. The van der Waals surface area contributed by atoms with Gasteiger partial charge in [0.1, 0.15) is 5.75 Å². The fourth-order valence-corrected chi connectivity index (χ4v) is 2.67. The molecule has 0 fully saturated rings. The highest BCUT2D eigenvalue weighted by Crippen LogP contribution is 2.20. The number of nitrogens with one attached hydrogen (secondary N) is 2. The van der Waals surface area contributed by atoms with Gasteiger partial charge < -0.3 is 25.6 Å². The molecule has 160 valence electrons. The third-order valence-corrected chi connectivity index (χ3v) is 4.21. The molecule has 0 unspecified atom stereocenters. The molecule has 3 aromatic rings. The van der Waals surface area contributed by atoms with E-state index < -0.39 is 11.8 Å². The van der Waals surface area contributed by atoms with E-state index in [1.807, 2.05) is 12.1 Å². The van der Waals surface area contributed by atoms with E-state index in [2.05, 4.69) is 20.8 Å². The van der Waals surface area contributed by atoms with Gasteiger partial charge in [-0.3, -0.25) is 14.4 Å². The van der Waals surface area contributed by atoms with Gasteiger partial charge in [-0.1, -0.05) is 11.2 Å². The molecule has 0 spiro atoms. The number of carbonyl (C=O) groups is 3. The number of nitrogens with zero attached hydrogens (tertiary/aromatic N) is 2. The number of aromatic nitrogens is 2. The molecule has 0 saturated carbocycles. The maximum absolute atomic E-state index is 12.3. The second kappa shape index (κ2) is 10.0. The summed E-state index contributed by atoms with van der Waals surface area (Å²) in [5, 5.41) is 9.02. The number of hydrogen-bond donors (Lipinski definition) is 3. The molecule has 10 heteroatoms. The number of amides is 3. The Morgan fingerprint density at radius 1 is 1.13 bits per heavy atom. The first-order valence-corrected chi connectivity index (χ1v) is 9.38. The number of primary amides is 1. The van der Waals surface area contributed by atoms with Gasteiger partial charge in [-0.05, 0) is 42.5 Å². The highest BCUT2D eigenvalue weighted by molar-refractivity contribution is 5.98. The monoisotopic (exact) mass is 423 g/mol. The molecule has 0 bridgehead atoms. The molecule has 1 heterocycles. The predicted molar refractivity (Wildman–Crippen MR) is 111 cm³/mol. The Hall–Kier alpha value is -4.21. The Morgan fingerprint density at radius 3 is 2.61 bits per heavy atom. The van der Waals surface area contributed by atoms with Crippen molar-refractivity contribution < 1.29 is 23.6 Å². The van der Waals surface area contributed by atoms with Gasteiger partial charge >= 0.3 is 0 Å². The summed E-state index contributed by atoms with van der Waals surface area (Å²) in [5.74, 6) is 0.0894. The third kappa shape index (κ3) is 6.13. The van der Waals surface area contributed by atoms with Crippen LogP contribution in [0.2, 0.25) is 0 Å². The predicted octanol–water partition coefficient (Wildman–Crippen LogP) is 1.53. The summed E-state index contributed by atoms with van der Waals surface area (Å²) in [4.78, 5) is 39.3. The van der Waals surface area contributed by atoms with E-state index in [0.29, 0.717) is 23.0 Å². The Morgan fingerprint density at radius 2 is 1.90 bits per heavy atom. The van der Waals surface area contributed by atoms with Gasteiger partial charge in [0.2, 0.25) is 23.5 Å². The highest BCUT2D eigenvalue weighted by atomic mass is 16.5. The minimum atomic E-state index is -0.644. The lowest BCUT2D eigenvalue weighted by atomic mass is 10.2. The fraction of sp³-hybridized carbons (Fsp3) is 0.190. The van der Waals surface area contributed by atoms with E-state index in [-0.39, 0.29) is 25.3 Å². The molecule has 3 rings (SSSR count). The van der Waals surface area contributed by atoms with Crippen molar-refractivity contribution in [2.75, 3.05) is 19.0 Å². The van der Waals surface area contributed by atoms with Crippen LogP contribution in [0.15, 0.2) is 53.1 Å². The van der Waals surface area contributed by atoms with Crippen LogP contribution in [-0.2, 0) is 16.0 Å². The van der Waals surface area contributed by atoms with Crippen molar-refractivity contribution in [3.05, 3.63) is 60.0 Å². The second-order valence-corrected chi connectivity index (χ2v) is 6.52. The molecule has 0 aliphatic carbocycles. The molecule has 0 aliphatic heterocycles. The first kappa shape index (κ1) is 21.5. The van der Waals surface area contributed by atoms with Crippen molar-refractivity contribution in [1.82, 2.24) is 15.5 Å². The van der Waals surface area contributed by atoms with Crippen molar-refractivity contribution >= 4 is 23.4 Å². The van der Waals surface area contributed by atoms with Gasteiger partial charge in [-0.25, -0.2) is 0 Å². The average Bonchev–Trinajstić information content (AvgIpc) is 3.25. The Balaban J connectivity index is 1.53. The smallest absolute Gasteiger partial charge is 0.251 e. The van der Waals surface area contributed by atoms with E-state index in [0.717, 1.165) is 11.3 Å². The molecule has 2 aromatic carbocycles. The molecule has 1 aromatic heterocycles. The number of methoxy groups -OCH3 is 1. The molecular weight excluding hydrogens is 402 g/mol. The van der Waals surface area contributed by atoms with Crippen LogP contribution >= 0.6 is 0 Å². The molecule has 10 nitrogen and oxygen atoms in total. The Kier molecular flexibility index (Phi) is 6.94. The summed E-state index contributed by atoms with van der Waals surface area (Å²) in [6.45, 7) is -0.266. The van der Waals surface area contributed by atoms with Gasteiger partial charge in [0, 0.05) is 29.7 Å². The van der Waals surface area contributed by atoms with E-state index in [1.54, 1.807) is 37.4 Å². The molecule has 4 N–H and O–H groups in total. The van der Waals surface area contributed by atoms with Crippen LogP contribution in [0.3, 0.4) is 0 Å². The topological polar surface area (TPSA) is 149 Å². The number of hydrogen-bond acceptors (Lipinski definition) is 7. The zero-order valence-corrected chi connectivity index (χ0v) is 16.8. The molecule has 0 atom stereocenters. The van der Waals surface area contributed by atoms with Crippen LogP contribution in [-0.4, -0.2) is 41.5 Å². The van der Waals surface area contributed by atoms with Crippen LogP contribution in [0.25, 0.3) is 11.4 Å². The molecule has 0 radical (unpaired) electrons. The average molecular weight is 423 g/mol. The Labute approximate surface area is 177 Å². The van der Waals surface area contributed by atoms with Crippen LogP contribution in [0, 0.1) is 0 Å². The van der Waals surface area contributed by atoms with E-state index >= 15 is 0 Å². The number of rotatable bonds is 9. The van der Waals surface area contributed by atoms with Crippen LogP contribution in [0.1, 0.15) is 22.7 Å². The summed E-state index contributed by atoms with van der Waals surface area (Å²) in [5.41, 5.74) is 6.52. The number of benzene rings is 2. The van der Waals surface area contributed by atoms with Gasteiger partial charge in [-0.15, -0.1) is 0 Å². The number of nitrogens with two attached hydrogens (primary N) is 1. The van der Waals surface area contributed by atoms with Crippen molar-refractivity contribution in [3.63, 3.8) is 0 Å². The number of ether oxygens (including phenoxy) is 1. The zero-order valence-electron chi connectivity index (χ0n) is 16.8. The maximum atomic E-state index is 12.3. The van der Waals surface area contributed by atoms with Gasteiger partial charge in [0.15, 0.2) is 0 Å². The zero-order chi connectivity index (χ0) is 22.2. The number of anilines is 1. The van der Waals surface area contributed by atoms with Crippen molar-refractivity contribution in [3.8, 4) is 17.1 Å². The van der Waals surface area contributed by atoms with Crippen molar-refractivity contribution in [2.45, 2.75) is 12.8 Å². The standard InChI is InChI=1S/C21H21N5O5/c1-30-16-7-5-13(6-8-16)20-25-19(31-26-20)10-9-18(28)24-15-4-2-3-14(11-15)21(29)23-12-17(22)27/h2-8,11H,9-10,12H2,1H3,(H2,22,27)(H,23,29)(H,24,28). The lowest BCUT2D eigenvalue weighted by Gasteiger charge is -2.07. The van der Waals surface area contributed by atoms with E-state index in [9.17, 15) is 14.4 Å². The van der Waals surface area contributed by atoms with Gasteiger partial charge in [0.25, 0.3) is 5.91 Å². The molecule has 0 aliphatic rings. The lowest BCUT2D eigenvalue weighted by molar-refractivity contribution is -0.117. The van der Waals surface area contributed by atoms with Crippen LogP contribution in [0.5, 0.6) is 5.75 Å². The van der Waals surface area contributed by atoms with E-state index in [4.69, 9.17) is 15.0 Å². The minimum absolute atomic E-state index is 0.113. The molecule has 3 amide bonds. The van der Waals surface area contributed by atoms with Crippen LogP contribution in [0.4, 0.5) is 5.69 Å². The second-order valence-electron chi connectivity index (χ2n) is 6.52. The molecule has 31 heavy (non-hydrogen) atoms.